The third-order valence-corrected chi connectivity index (χ3v) is 3.52. The fourth-order valence-corrected chi connectivity index (χ4v) is 2.02. The first-order valence-corrected chi connectivity index (χ1v) is 7.85. The highest BCUT2D eigenvalue weighted by Gasteiger charge is 2.47. The van der Waals surface area contributed by atoms with Crippen molar-refractivity contribution in [3.8, 4) is 11.5 Å². The van der Waals surface area contributed by atoms with Gasteiger partial charge in [-0.05, 0) is 23.8 Å². The van der Waals surface area contributed by atoms with Gasteiger partial charge >= 0.3 is 12.0 Å². The third-order valence-electron chi connectivity index (χ3n) is 3.52. The van der Waals surface area contributed by atoms with Gasteiger partial charge in [-0.1, -0.05) is 6.07 Å². The molecule has 0 unspecified atom stereocenters. The maximum atomic E-state index is 10.1. The highest BCUT2D eigenvalue weighted by Crippen LogP contribution is 2.25. The van der Waals surface area contributed by atoms with Gasteiger partial charge in [0.2, 0.25) is 0 Å². The molecule has 0 saturated heterocycles. The number of aliphatic hydroxyl groups excluding tert-OH is 6. The number of primary amides is 2. The fourth-order valence-electron chi connectivity index (χ4n) is 2.02. The normalized spacial score (nSPS) is 28.5. The van der Waals surface area contributed by atoms with E-state index in [1.807, 2.05) is 0 Å². The number of amides is 2. The van der Waals surface area contributed by atoms with Crippen LogP contribution in [0.4, 0.5) is 4.79 Å². The fraction of sp³-hybridized carbons (Fsp3) is 0.375. The summed E-state index contributed by atoms with van der Waals surface area (Å²) >= 11 is 0. The lowest BCUT2D eigenvalue weighted by Gasteiger charge is -2.39. The van der Waals surface area contributed by atoms with E-state index in [0.717, 1.165) is 6.08 Å². The zero-order chi connectivity index (χ0) is 22.9. The number of urea groups is 1. The molecule has 0 aromatic heterocycles. The van der Waals surface area contributed by atoms with E-state index in [-0.39, 0.29) is 11.5 Å². The van der Waals surface area contributed by atoms with Crippen molar-refractivity contribution in [2.24, 2.45) is 11.5 Å². The van der Waals surface area contributed by atoms with Crippen LogP contribution in [0.25, 0.3) is 6.08 Å². The second-order valence-corrected chi connectivity index (χ2v) is 5.77. The minimum absolute atomic E-state index is 0.229. The van der Waals surface area contributed by atoms with Crippen LogP contribution in [0.15, 0.2) is 24.3 Å². The molecule has 29 heavy (non-hydrogen) atoms. The molecule has 0 bridgehead atoms. The quantitative estimate of drug-likeness (QED) is 0.164. The van der Waals surface area contributed by atoms with E-state index in [2.05, 4.69) is 11.5 Å². The average molecular weight is 420 g/mol. The van der Waals surface area contributed by atoms with Gasteiger partial charge < -0.3 is 57.4 Å². The molecule has 1 aliphatic rings. The maximum absolute atomic E-state index is 10.1. The number of aliphatic hydroxyl groups is 6. The molecule has 13 nitrogen and oxygen atoms in total. The third kappa shape index (κ3) is 8.73. The molecular weight excluding hydrogens is 396 g/mol. The van der Waals surface area contributed by atoms with Crippen LogP contribution in [0.5, 0.6) is 11.5 Å². The van der Waals surface area contributed by atoms with Crippen molar-refractivity contribution >= 4 is 18.1 Å². The Morgan fingerprint density at radius 3 is 1.38 bits per heavy atom. The van der Waals surface area contributed by atoms with E-state index >= 15 is 0 Å². The molecule has 1 fully saturated rings. The van der Waals surface area contributed by atoms with Gasteiger partial charge in [-0.15, -0.1) is 0 Å². The van der Waals surface area contributed by atoms with Crippen LogP contribution in [0.1, 0.15) is 5.56 Å². The Morgan fingerprint density at radius 1 is 0.759 bits per heavy atom. The van der Waals surface area contributed by atoms with Crippen LogP contribution >= 0.6 is 0 Å². The molecule has 13 heteroatoms. The highest BCUT2D eigenvalue weighted by molar-refractivity contribution is 5.85. The summed E-state index contributed by atoms with van der Waals surface area (Å²) in [4.78, 5) is 19.1. The molecule has 1 aliphatic carbocycles. The first kappa shape index (κ1) is 26.1. The monoisotopic (exact) mass is 420 g/mol. The molecule has 0 spiro atoms. The van der Waals surface area contributed by atoms with Crippen molar-refractivity contribution in [3.05, 3.63) is 29.8 Å². The number of aromatic hydroxyl groups is 2. The molecule has 0 radical (unpaired) electrons. The molecule has 0 aliphatic heterocycles. The van der Waals surface area contributed by atoms with Crippen molar-refractivity contribution in [1.29, 1.82) is 0 Å². The van der Waals surface area contributed by atoms with Crippen molar-refractivity contribution < 1.29 is 55.5 Å². The number of phenolic OH excluding ortho intramolecular Hbond substituents is 2. The van der Waals surface area contributed by atoms with Crippen molar-refractivity contribution in [3.63, 3.8) is 0 Å². The number of rotatable bonds is 2. The molecule has 164 valence electrons. The van der Waals surface area contributed by atoms with Gasteiger partial charge in [0.25, 0.3) is 0 Å². The SMILES string of the molecule is NC(N)=O.O=C(O)/C=C/c1ccc(O)c(O)c1.OC1C(O)C(O)C(O)C(O)C1O. The Hall–Kier alpha value is -2.94. The number of phenols is 2. The number of nitrogens with two attached hydrogens (primary N) is 2. The van der Waals surface area contributed by atoms with Crippen LogP contribution in [0, 0.1) is 0 Å². The lowest BCUT2D eigenvalue weighted by molar-refractivity contribution is -0.223. The predicted octanol–water partition coefficient (Wildman–Crippen LogP) is -3.62. The largest absolute Gasteiger partial charge is 0.504 e. The van der Waals surface area contributed by atoms with Crippen molar-refractivity contribution in [2.75, 3.05) is 0 Å². The number of carboxylic acids is 1. The van der Waals surface area contributed by atoms with Gasteiger partial charge in [0.1, 0.15) is 36.6 Å². The summed E-state index contributed by atoms with van der Waals surface area (Å²) in [5.41, 5.74) is 9.01. The van der Waals surface area contributed by atoms with Crippen LogP contribution < -0.4 is 11.5 Å². The molecule has 2 rings (SSSR count). The van der Waals surface area contributed by atoms with Gasteiger partial charge in [0, 0.05) is 6.08 Å². The first-order chi connectivity index (χ1) is 13.3. The lowest BCUT2D eigenvalue weighted by atomic mass is 9.85. The molecule has 1 saturated carbocycles. The predicted molar refractivity (Wildman–Crippen MR) is 96.3 cm³/mol. The number of hydrogen-bond donors (Lipinski definition) is 11. The van der Waals surface area contributed by atoms with Gasteiger partial charge in [0.15, 0.2) is 11.5 Å². The zero-order valence-corrected chi connectivity index (χ0v) is 14.8. The minimum Gasteiger partial charge on any atom is -0.504 e. The summed E-state index contributed by atoms with van der Waals surface area (Å²) in [5.74, 6) is -1.56. The van der Waals surface area contributed by atoms with Gasteiger partial charge in [-0.2, -0.15) is 0 Å². The number of aliphatic carboxylic acids is 1. The smallest absolute Gasteiger partial charge is 0.328 e. The molecule has 0 atom stereocenters. The number of carbonyl (C=O) groups is 2. The number of carbonyl (C=O) groups excluding carboxylic acids is 1. The molecular formula is C16H24N2O11. The Balaban J connectivity index is 0.000000459. The Labute approximate surface area is 164 Å². The second-order valence-electron chi connectivity index (χ2n) is 5.77. The summed E-state index contributed by atoms with van der Waals surface area (Å²) in [6.07, 6.45) is -7.57. The van der Waals surface area contributed by atoms with Crippen LogP contribution in [0.2, 0.25) is 0 Å². The summed E-state index contributed by atoms with van der Waals surface area (Å²) in [6, 6.07) is 3.22. The van der Waals surface area contributed by atoms with Crippen molar-refractivity contribution in [1.82, 2.24) is 0 Å². The Bertz CT molecular complexity index is 650. The topological polar surface area (TPSA) is 268 Å². The molecule has 13 N–H and O–H groups in total. The van der Waals surface area contributed by atoms with Crippen molar-refractivity contribution in [2.45, 2.75) is 36.6 Å². The van der Waals surface area contributed by atoms with Crippen LogP contribution in [-0.4, -0.2) is 94.6 Å². The van der Waals surface area contributed by atoms with E-state index in [1.54, 1.807) is 0 Å². The minimum atomic E-state index is -1.64. The van der Waals surface area contributed by atoms with Gasteiger partial charge in [-0.25, -0.2) is 9.59 Å². The summed E-state index contributed by atoms with van der Waals surface area (Å²) in [7, 11) is 0. The van der Waals surface area contributed by atoms with E-state index < -0.39 is 48.6 Å². The molecule has 0 heterocycles. The molecule has 1 aromatic rings. The lowest BCUT2D eigenvalue weighted by Crippen LogP contribution is -2.63. The maximum Gasteiger partial charge on any atom is 0.328 e. The molecule has 1 aromatic carbocycles. The van der Waals surface area contributed by atoms with E-state index in [0.29, 0.717) is 5.56 Å². The van der Waals surface area contributed by atoms with Crippen LogP contribution in [0.3, 0.4) is 0 Å². The van der Waals surface area contributed by atoms with E-state index in [1.165, 1.54) is 24.3 Å². The zero-order valence-electron chi connectivity index (χ0n) is 14.8. The average Bonchev–Trinajstić information content (AvgIpc) is 2.64. The number of hydrogen-bond acceptors (Lipinski definition) is 10. The number of benzene rings is 1. The van der Waals surface area contributed by atoms with E-state index in [9.17, 15) is 4.79 Å². The Morgan fingerprint density at radius 2 is 1.10 bits per heavy atom. The van der Waals surface area contributed by atoms with Gasteiger partial charge in [0.05, 0.1) is 0 Å². The van der Waals surface area contributed by atoms with Crippen LogP contribution in [-0.2, 0) is 4.79 Å². The Kier molecular flexibility index (Phi) is 10.6. The highest BCUT2D eigenvalue weighted by atomic mass is 16.4. The summed E-state index contributed by atoms with van der Waals surface area (Å²) in [5, 5.41) is 80.1. The standard InChI is InChI=1S/C9H8O4.C6H12O6.CH4N2O/c10-7-3-1-6(5-8(7)11)2-4-9(12)13;7-1-2(8)4(10)6(12)5(11)3(1)9;2-1(3)4/h1-5,10-11H,(H,12,13);1-12H;(H4,2,3,4)/b4-2+;;. The number of carboxylic acid groups (broad SMARTS) is 1. The summed E-state index contributed by atoms with van der Waals surface area (Å²) < 4.78 is 0. The van der Waals surface area contributed by atoms with Gasteiger partial charge in [-0.3, -0.25) is 0 Å². The molecule has 2 amide bonds. The second kappa shape index (κ2) is 11.8. The first-order valence-electron chi connectivity index (χ1n) is 7.85. The summed E-state index contributed by atoms with van der Waals surface area (Å²) in [6.45, 7) is 0. The van der Waals surface area contributed by atoms with E-state index in [4.69, 9.17) is 50.8 Å².